The smallest absolute Gasteiger partial charge is 0.306 e. The predicted octanol–water partition coefficient (Wildman–Crippen LogP) is 5.53. The van der Waals surface area contributed by atoms with Crippen molar-refractivity contribution < 1.29 is 18.4 Å². The fraction of sp³-hybridized carbons (Fsp3) is 0.250. The second-order valence-electron chi connectivity index (χ2n) is 9.18. The van der Waals surface area contributed by atoms with E-state index in [2.05, 4.69) is 4.98 Å². The van der Waals surface area contributed by atoms with Crippen LogP contribution in [0.25, 0.3) is 22.2 Å². The summed E-state index contributed by atoms with van der Waals surface area (Å²) in [5.74, 6) is -3.10. The molecule has 0 radical (unpaired) electrons. The van der Waals surface area contributed by atoms with Crippen molar-refractivity contribution >= 4 is 34.2 Å². The molecule has 184 valence electrons. The number of hydrogen-bond donors (Lipinski definition) is 1. The molecule has 5 nitrogen and oxygen atoms in total. The van der Waals surface area contributed by atoms with Gasteiger partial charge >= 0.3 is 5.69 Å². The highest BCUT2D eigenvalue weighted by Crippen LogP contribution is 2.37. The molecule has 1 aliphatic carbocycles. The van der Waals surface area contributed by atoms with Crippen molar-refractivity contribution in [3.63, 3.8) is 0 Å². The van der Waals surface area contributed by atoms with Gasteiger partial charge in [0, 0.05) is 34.4 Å². The minimum Gasteiger partial charge on any atom is -0.306 e. The highest BCUT2D eigenvalue weighted by atomic mass is 35.5. The number of carbonyl (C=O) groups is 2. The highest BCUT2D eigenvalue weighted by molar-refractivity contribution is 6.33. The van der Waals surface area contributed by atoms with Crippen molar-refractivity contribution in [2.75, 3.05) is 0 Å². The molecule has 1 unspecified atom stereocenters. The topological polar surface area (TPSA) is 71.9 Å². The Morgan fingerprint density at radius 2 is 1.58 bits per heavy atom. The van der Waals surface area contributed by atoms with E-state index in [1.807, 2.05) is 0 Å². The molecular weight excluding hydrogens is 486 g/mol. The molecular formula is C28H23ClF2N2O3. The van der Waals surface area contributed by atoms with Gasteiger partial charge in [-0.2, -0.15) is 0 Å². The van der Waals surface area contributed by atoms with Gasteiger partial charge in [0.2, 0.25) is 0 Å². The molecule has 3 atom stereocenters. The first-order chi connectivity index (χ1) is 17.3. The van der Waals surface area contributed by atoms with E-state index in [9.17, 15) is 18.8 Å². The molecule has 1 fully saturated rings. The lowest BCUT2D eigenvalue weighted by Gasteiger charge is -2.18. The highest BCUT2D eigenvalue weighted by Gasteiger charge is 2.42. The number of nitrogens with zero attached hydrogens (tertiary/aromatic N) is 1. The van der Waals surface area contributed by atoms with E-state index in [1.165, 1.54) is 10.6 Å². The van der Waals surface area contributed by atoms with Gasteiger partial charge in [0.15, 0.2) is 5.78 Å². The lowest BCUT2D eigenvalue weighted by molar-refractivity contribution is -0.131. The fourth-order valence-corrected chi connectivity index (χ4v) is 5.38. The van der Waals surface area contributed by atoms with Crippen LogP contribution in [0.15, 0.2) is 71.5 Å². The second-order valence-corrected chi connectivity index (χ2v) is 9.59. The summed E-state index contributed by atoms with van der Waals surface area (Å²) >= 11 is 6.23. The summed E-state index contributed by atoms with van der Waals surface area (Å²) in [5.41, 5.74) is 1.65. The maximum Gasteiger partial charge on any atom is 0.326 e. The molecule has 0 aliphatic heterocycles. The molecule has 1 aromatic heterocycles. The van der Waals surface area contributed by atoms with Gasteiger partial charge in [0.05, 0.1) is 17.6 Å². The number of nitrogens with one attached hydrogen (secondary N) is 1. The van der Waals surface area contributed by atoms with E-state index >= 15 is 4.39 Å². The van der Waals surface area contributed by atoms with E-state index in [0.717, 1.165) is 0 Å². The number of fused-ring (bicyclic) bond motifs is 1. The predicted molar refractivity (Wildman–Crippen MR) is 134 cm³/mol. The van der Waals surface area contributed by atoms with Gasteiger partial charge in [-0.15, -0.1) is 0 Å². The van der Waals surface area contributed by atoms with Gasteiger partial charge in [0.25, 0.3) is 0 Å². The molecule has 8 heteroatoms. The molecule has 0 spiro atoms. The summed E-state index contributed by atoms with van der Waals surface area (Å²) in [6.45, 7) is -0.264. The van der Waals surface area contributed by atoms with Crippen molar-refractivity contribution in [2.45, 2.75) is 32.0 Å². The molecule has 0 bridgehead atoms. The van der Waals surface area contributed by atoms with Crippen molar-refractivity contribution in [1.82, 2.24) is 9.55 Å². The van der Waals surface area contributed by atoms with Crippen molar-refractivity contribution in [3.05, 3.63) is 93.6 Å². The van der Waals surface area contributed by atoms with Crippen molar-refractivity contribution in [2.24, 2.45) is 11.8 Å². The first-order valence-electron chi connectivity index (χ1n) is 11.7. The van der Waals surface area contributed by atoms with Crippen LogP contribution in [-0.4, -0.2) is 27.3 Å². The number of ketones is 2. The zero-order valence-electron chi connectivity index (χ0n) is 19.2. The van der Waals surface area contributed by atoms with Crippen LogP contribution in [0.4, 0.5) is 8.78 Å². The van der Waals surface area contributed by atoms with Crippen LogP contribution >= 0.6 is 11.6 Å². The number of carbonyl (C=O) groups excluding carboxylic acids is 2. The summed E-state index contributed by atoms with van der Waals surface area (Å²) in [6, 6.07) is 18.5. The number of aromatic amines is 1. The number of halogens is 3. The largest absolute Gasteiger partial charge is 0.326 e. The number of alkyl halides is 1. The molecule has 3 aromatic carbocycles. The normalized spacial score (nSPS) is 19.6. The van der Waals surface area contributed by atoms with Crippen LogP contribution in [0, 0.1) is 17.7 Å². The Morgan fingerprint density at radius 1 is 0.917 bits per heavy atom. The zero-order chi connectivity index (χ0) is 25.4. The third kappa shape index (κ3) is 4.51. The third-order valence-electron chi connectivity index (χ3n) is 6.94. The van der Waals surface area contributed by atoms with E-state index in [4.69, 9.17) is 11.6 Å². The van der Waals surface area contributed by atoms with Gasteiger partial charge in [0.1, 0.15) is 17.8 Å². The number of H-pyrrole nitrogens is 1. The molecule has 1 N–H and O–H groups in total. The van der Waals surface area contributed by atoms with Gasteiger partial charge in [-0.25, -0.2) is 13.6 Å². The Labute approximate surface area is 210 Å². The first-order valence-corrected chi connectivity index (χ1v) is 12.1. The average Bonchev–Trinajstić information content (AvgIpc) is 3.40. The SMILES string of the molecule is O=C(Cn1c(=O)[nH]c2ccccc21)C1C[C@H](F)C[C@H]1C(=O)Cc1cccc(-c2ccccc2Cl)c1F. The average molecular weight is 509 g/mol. The summed E-state index contributed by atoms with van der Waals surface area (Å²) < 4.78 is 31.1. The number of Topliss-reactive ketones (excluding diaryl/α,β-unsaturated/α-hetero) is 2. The van der Waals surface area contributed by atoms with Crippen LogP contribution in [-0.2, 0) is 22.6 Å². The molecule has 36 heavy (non-hydrogen) atoms. The van der Waals surface area contributed by atoms with Crippen molar-refractivity contribution in [3.8, 4) is 11.1 Å². The quantitative estimate of drug-likeness (QED) is 0.356. The molecule has 0 saturated heterocycles. The molecule has 1 saturated carbocycles. The van der Waals surface area contributed by atoms with E-state index in [1.54, 1.807) is 60.7 Å². The molecule has 0 amide bonds. The number of para-hydroxylation sites is 2. The third-order valence-corrected chi connectivity index (χ3v) is 7.26. The Bertz CT molecular complexity index is 1530. The van der Waals surface area contributed by atoms with Crippen LogP contribution in [0.5, 0.6) is 0 Å². The van der Waals surface area contributed by atoms with Crippen molar-refractivity contribution in [1.29, 1.82) is 0 Å². The van der Waals surface area contributed by atoms with Gasteiger partial charge in [-0.05, 0) is 36.6 Å². The molecule has 4 aromatic rings. The summed E-state index contributed by atoms with van der Waals surface area (Å²) in [6.07, 6.45) is -1.76. The Hall–Kier alpha value is -3.58. The van der Waals surface area contributed by atoms with Crippen LogP contribution in [0.2, 0.25) is 5.02 Å². The first kappa shape index (κ1) is 24.1. The monoisotopic (exact) mass is 508 g/mol. The Kier molecular flexibility index (Phi) is 6.58. The van der Waals surface area contributed by atoms with E-state index in [0.29, 0.717) is 21.6 Å². The van der Waals surface area contributed by atoms with Crippen LogP contribution in [0.1, 0.15) is 18.4 Å². The number of hydrogen-bond acceptors (Lipinski definition) is 3. The number of imidazole rings is 1. The maximum atomic E-state index is 15.4. The minimum absolute atomic E-state index is 0.0888. The number of aromatic nitrogens is 2. The summed E-state index contributed by atoms with van der Waals surface area (Å²) in [5, 5.41) is 0.383. The van der Waals surface area contributed by atoms with Gasteiger partial charge in [-0.1, -0.05) is 60.1 Å². The molecule has 1 heterocycles. The number of benzene rings is 3. The minimum atomic E-state index is -1.31. The molecule has 1 aliphatic rings. The van der Waals surface area contributed by atoms with E-state index < -0.39 is 35.3 Å². The zero-order valence-corrected chi connectivity index (χ0v) is 20.0. The lowest BCUT2D eigenvalue weighted by Crippen LogP contribution is -2.31. The van der Waals surface area contributed by atoms with Gasteiger partial charge in [-0.3, -0.25) is 14.2 Å². The van der Waals surface area contributed by atoms with Crippen LogP contribution < -0.4 is 5.69 Å². The summed E-state index contributed by atoms with van der Waals surface area (Å²) in [7, 11) is 0. The Balaban J connectivity index is 1.37. The fourth-order valence-electron chi connectivity index (χ4n) is 5.15. The second kappa shape index (κ2) is 9.82. The molecule has 5 rings (SSSR count). The van der Waals surface area contributed by atoms with Crippen LogP contribution in [0.3, 0.4) is 0 Å². The lowest BCUT2D eigenvalue weighted by atomic mass is 9.85. The Morgan fingerprint density at radius 3 is 2.36 bits per heavy atom. The number of rotatable bonds is 7. The maximum absolute atomic E-state index is 15.4. The summed E-state index contributed by atoms with van der Waals surface area (Å²) in [4.78, 5) is 41.5. The van der Waals surface area contributed by atoms with Gasteiger partial charge < -0.3 is 4.98 Å². The van der Waals surface area contributed by atoms with E-state index in [-0.39, 0.29) is 42.7 Å². The standard InChI is InChI=1S/C28H23ClF2N2O3/c29-22-9-2-1-7-18(22)19-8-5-6-16(27(19)31)12-25(34)20-13-17(30)14-21(20)26(35)15-33-24-11-4-3-10-23(24)32-28(33)36/h1-11,17,20-21H,12-15H2,(H,32,36)/t17-,20-,21?/m1/s1.